The average Bonchev–Trinajstić information content (AvgIpc) is 2.61. The van der Waals surface area contributed by atoms with Crippen LogP contribution in [0.5, 0.6) is 0 Å². The smallest absolute Gasteiger partial charge is 0.227 e. The zero-order valence-electron chi connectivity index (χ0n) is 14.9. The van der Waals surface area contributed by atoms with Gasteiger partial charge in [0.2, 0.25) is 11.8 Å². The van der Waals surface area contributed by atoms with Gasteiger partial charge in [0.1, 0.15) is 0 Å². The Kier molecular flexibility index (Phi) is 4.64. The van der Waals surface area contributed by atoms with Crippen molar-refractivity contribution < 1.29 is 9.59 Å². The maximum Gasteiger partial charge on any atom is 0.227 e. The summed E-state index contributed by atoms with van der Waals surface area (Å²) in [4.78, 5) is 28.3. The van der Waals surface area contributed by atoms with E-state index in [9.17, 15) is 9.59 Å². The predicted octanol–water partition coefficient (Wildman–Crippen LogP) is 1.79. The fraction of sp³-hybridized carbons (Fsp3) is 0.429. The van der Waals surface area contributed by atoms with E-state index in [1.165, 1.54) is 5.39 Å². The van der Waals surface area contributed by atoms with E-state index in [1.54, 1.807) is 0 Å². The number of nitrogens with zero attached hydrogens (tertiary/aromatic N) is 2. The van der Waals surface area contributed by atoms with Gasteiger partial charge in [-0.15, -0.1) is 0 Å². The molecule has 0 aromatic heterocycles. The minimum atomic E-state index is -0.176. The number of hydrogen-bond acceptors (Lipinski definition) is 3. The third-order valence-corrected chi connectivity index (χ3v) is 5.88. The molecule has 2 heterocycles. The Labute approximate surface area is 153 Å². The molecule has 2 saturated heterocycles. The lowest BCUT2D eigenvalue weighted by Crippen LogP contribution is -2.62. The molecule has 5 heteroatoms. The monoisotopic (exact) mass is 351 g/mol. The van der Waals surface area contributed by atoms with Gasteiger partial charge in [-0.1, -0.05) is 42.5 Å². The molecule has 0 aliphatic carbocycles. The fourth-order valence-corrected chi connectivity index (χ4v) is 4.16. The summed E-state index contributed by atoms with van der Waals surface area (Å²) >= 11 is 0. The van der Waals surface area contributed by atoms with E-state index >= 15 is 0 Å². The Morgan fingerprint density at radius 1 is 1.00 bits per heavy atom. The second kappa shape index (κ2) is 7.08. The van der Waals surface area contributed by atoms with Gasteiger partial charge in [-0.25, -0.2) is 0 Å². The van der Waals surface area contributed by atoms with Crippen LogP contribution in [0, 0.1) is 5.92 Å². The lowest BCUT2D eigenvalue weighted by molar-refractivity contribution is -0.138. The van der Waals surface area contributed by atoms with Gasteiger partial charge in [0.05, 0.1) is 6.42 Å². The maximum absolute atomic E-state index is 12.7. The predicted molar refractivity (Wildman–Crippen MR) is 102 cm³/mol. The van der Waals surface area contributed by atoms with E-state index < -0.39 is 0 Å². The summed E-state index contributed by atoms with van der Waals surface area (Å²) in [5, 5.41) is 2.34. The van der Waals surface area contributed by atoms with Crippen molar-refractivity contribution in [2.75, 3.05) is 26.2 Å². The SMILES string of the molecule is NC(=O)C1CCN(C2CN(C(=O)Cc3cccc4ccccc34)C2)CC1. The van der Waals surface area contributed by atoms with Gasteiger partial charge in [-0.2, -0.15) is 0 Å². The lowest BCUT2D eigenvalue weighted by Gasteiger charge is -2.47. The molecule has 0 spiro atoms. The van der Waals surface area contributed by atoms with Crippen LogP contribution in [-0.2, 0) is 16.0 Å². The highest BCUT2D eigenvalue weighted by Gasteiger charge is 2.36. The zero-order valence-corrected chi connectivity index (χ0v) is 14.9. The standard InChI is InChI=1S/C21H25N3O2/c22-21(26)16-8-10-23(11-9-16)18-13-24(14-18)20(25)12-17-6-3-5-15-4-1-2-7-19(15)17/h1-7,16,18H,8-14H2,(H2,22,26). The van der Waals surface area contributed by atoms with E-state index in [0.29, 0.717) is 12.5 Å². The van der Waals surface area contributed by atoms with Crippen molar-refractivity contribution in [1.82, 2.24) is 9.80 Å². The third kappa shape index (κ3) is 3.31. The van der Waals surface area contributed by atoms with Crippen molar-refractivity contribution in [1.29, 1.82) is 0 Å². The van der Waals surface area contributed by atoms with Gasteiger partial charge in [0.25, 0.3) is 0 Å². The molecule has 2 fully saturated rings. The van der Waals surface area contributed by atoms with Crippen LogP contribution in [0.15, 0.2) is 42.5 Å². The van der Waals surface area contributed by atoms with Crippen LogP contribution in [0.2, 0.25) is 0 Å². The zero-order chi connectivity index (χ0) is 18.1. The molecule has 2 aromatic rings. The third-order valence-electron chi connectivity index (χ3n) is 5.88. The van der Waals surface area contributed by atoms with Crippen LogP contribution in [0.3, 0.4) is 0 Å². The minimum absolute atomic E-state index is 0.0235. The van der Waals surface area contributed by atoms with E-state index in [-0.39, 0.29) is 17.7 Å². The molecule has 0 atom stereocenters. The number of rotatable bonds is 4. The average molecular weight is 351 g/mol. The molecule has 0 saturated carbocycles. The van der Waals surface area contributed by atoms with E-state index in [0.717, 1.165) is 50.0 Å². The fourth-order valence-electron chi connectivity index (χ4n) is 4.16. The van der Waals surface area contributed by atoms with Gasteiger partial charge in [0.15, 0.2) is 0 Å². The molecule has 26 heavy (non-hydrogen) atoms. The highest BCUT2D eigenvalue weighted by atomic mass is 16.2. The quantitative estimate of drug-likeness (QED) is 0.913. The maximum atomic E-state index is 12.7. The second-order valence-electron chi connectivity index (χ2n) is 7.48. The molecule has 5 nitrogen and oxygen atoms in total. The number of carbonyl (C=O) groups excluding carboxylic acids is 2. The van der Waals surface area contributed by atoms with Crippen LogP contribution in [0.1, 0.15) is 18.4 Å². The van der Waals surface area contributed by atoms with Gasteiger partial charge in [-0.3, -0.25) is 14.5 Å². The van der Waals surface area contributed by atoms with Crippen LogP contribution in [-0.4, -0.2) is 53.8 Å². The number of fused-ring (bicyclic) bond motifs is 1. The van der Waals surface area contributed by atoms with E-state index in [4.69, 9.17) is 5.73 Å². The lowest BCUT2D eigenvalue weighted by atomic mass is 9.93. The van der Waals surface area contributed by atoms with Gasteiger partial charge in [-0.05, 0) is 42.3 Å². The molecule has 0 bridgehead atoms. The Morgan fingerprint density at radius 3 is 2.42 bits per heavy atom. The molecular weight excluding hydrogens is 326 g/mol. The Hall–Kier alpha value is -2.40. The van der Waals surface area contributed by atoms with Gasteiger partial charge >= 0.3 is 0 Å². The number of benzene rings is 2. The Morgan fingerprint density at radius 2 is 1.69 bits per heavy atom. The first-order chi connectivity index (χ1) is 12.6. The van der Waals surface area contributed by atoms with Gasteiger partial charge < -0.3 is 10.6 Å². The van der Waals surface area contributed by atoms with Crippen LogP contribution in [0.4, 0.5) is 0 Å². The first-order valence-corrected chi connectivity index (χ1v) is 9.39. The highest BCUT2D eigenvalue weighted by molar-refractivity contribution is 5.90. The summed E-state index contributed by atoms with van der Waals surface area (Å²) in [6.45, 7) is 3.41. The largest absolute Gasteiger partial charge is 0.369 e. The number of hydrogen-bond donors (Lipinski definition) is 1. The summed E-state index contributed by atoms with van der Waals surface area (Å²) < 4.78 is 0. The molecule has 2 aliphatic heterocycles. The summed E-state index contributed by atoms with van der Waals surface area (Å²) in [7, 11) is 0. The van der Waals surface area contributed by atoms with Crippen LogP contribution in [0.25, 0.3) is 10.8 Å². The van der Waals surface area contributed by atoms with Crippen LogP contribution >= 0.6 is 0 Å². The molecule has 2 aliphatic rings. The van der Waals surface area contributed by atoms with Crippen molar-refractivity contribution >= 4 is 22.6 Å². The summed E-state index contributed by atoms with van der Waals surface area (Å²) in [6, 6.07) is 14.8. The second-order valence-corrected chi connectivity index (χ2v) is 7.48. The van der Waals surface area contributed by atoms with Crippen LogP contribution < -0.4 is 5.73 Å². The number of carbonyl (C=O) groups is 2. The summed E-state index contributed by atoms with van der Waals surface area (Å²) in [6.07, 6.45) is 2.14. The Balaban J connectivity index is 1.32. The number of likely N-dealkylation sites (tertiary alicyclic amines) is 2. The molecular formula is C21H25N3O2. The molecule has 2 N–H and O–H groups in total. The topological polar surface area (TPSA) is 66.6 Å². The molecule has 136 valence electrons. The number of nitrogens with two attached hydrogens (primary N) is 1. The molecule has 0 unspecified atom stereocenters. The summed E-state index contributed by atoms with van der Waals surface area (Å²) in [5.74, 6) is 0.0465. The molecule has 4 rings (SSSR count). The molecule has 0 radical (unpaired) electrons. The highest BCUT2D eigenvalue weighted by Crippen LogP contribution is 2.25. The molecule has 2 amide bonds. The van der Waals surface area contributed by atoms with Crippen molar-refractivity contribution in [3.63, 3.8) is 0 Å². The summed E-state index contributed by atoms with van der Waals surface area (Å²) in [5.41, 5.74) is 6.50. The normalized spacial score (nSPS) is 19.5. The van der Waals surface area contributed by atoms with Crippen molar-refractivity contribution in [2.45, 2.75) is 25.3 Å². The van der Waals surface area contributed by atoms with Crippen molar-refractivity contribution in [2.24, 2.45) is 11.7 Å². The van der Waals surface area contributed by atoms with Crippen molar-refractivity contribution in [3.8, 4) is 0 Å². The van der Waals surface area contributed by atoms with E-state index in [2.05, 4.69) is 23.1 Å². The number of piperidine rings is 1. The molecule has 2 aromatic carbocycles. The number of amides is 2. The van der Waals surface area contributed by atoms with Gasteiger partial charge in [0, 0.05) is 25.0 Å². The first kappa shape index (κ1) is 17.0. The Bertz CT molecular complexity index is 816. The first-order valence-electron chi connectivity index (χ1n) is 9.39. The van der Waals surface area contributed by atoms with Crippen molar-refractivity contribution in [3.05, 3.63) is 48.0 Å². The number of primary amides is 1. The minimum Gasteiger partial charge on any atom is -0.369 e. The van der Waals surface area contributed by atoms with E-state index in [1.807, 2.05) is 29.2 Å².